The van der Waals surface area contributed by atoms with Crippen LogP contribution < -0.4 is 5.32 Å². The number of aromatic nitrogens is 3. The molecule has 2 aromatic heterocycles. The van der Waals surface area contributed by atoms with Crippen LogP contribution in [-0.2, 0) is 18.3 Å². The summed E-state index contributed by atoms with van der Waals surface area (Å²) in [6.45, 7) is 6.15. The highest BCUT2D eigenvalue weighted by Crippen LogP contribution is 2.32. The lowest BCUT2D eigenvalue weighted by molar-refractivity contribution is -0.113. The van der Waals surface area contributed by atoms with E-state index in [9.17, 15) is 4.79 Å². The molecule has 0 aliphatic heterocycles. The molecule has 1 aromatic carbocycles. The fourth-order valence-corrected chi connectivity index (χ4v) is 4.67. The number of hydrogen-bond acceptors (Lipinski definition) is 5. The van der Waals surface area contributed by atoms with Crippen molar-refractivity contribution in [1.82, 2.24) is 14.8 Å². The minimum absolute atomic E-state index is 0.101. The van der Waals surface area contributed by atoms with Crippen molar-refractivity contribution in [3.05, 3.63) is 44.6 Å². The molecular formula is C19H21ClN4OS2. The van der Waals surface area contributed by atoms with E-state index in [1.165, 1.54) is 22.2 Å². The molecule has 27 heavy (non-hydrogen) atoms. The minimum Gasteiger partial charge on any atom is -0.325 e. The number of benzene rings is 1. The van der Waals surface area contributed by atoms with Gasteiger partial charge in [0.1, 0.15) is 0 Å². The number of thioether (sulfide) groups is 1. The van der Waals surface area contributed by atoms with Gasteiger partial charge < -0.3 is 9.88 Å². The van der Waals surface area contributed by atoms with Crippen LogP contribution in [0, 0.1) is 13.8 Å². The summed E-state index contributed by atoms with van der Waals surface area (Å²) in [6.07, 6.45) is 0.960. The first-order valence-corrected chi connectivity index (χ1v) is 10.8. The van der Waals surface area contributed by atoms with Crippen LogP contribution in [0.4, 0.5) is 5.69 Å². The number of hydrogen-bond donors (Lipinski definition) is 1. The normalized spacial score (nSPS) is 11.0. The zero-order valence-corrected chi connectivity index (χ0v) is 18.1. The van der Waals surface area contributed by atoms with E-state index in [2.05, 4.69) is 34.7 Å². The molecule has 0 radical (unpaired) electrons. The number of halogens is 1. The zero-order chi connectivity index (χ0) is 19.6. The molecule has 142 valence electrons. The van der Waals surface area contributed by atoms with Gasteiger partial charge in [0, 0.05) is 33.6 Å². The number of rotatable bonds is 6. The van der Waals surface area contributed by atoms with E-state index >= 15 is 0 Å². The first-order chi connectivity index (χ1) is 12.9. The molecule has 0 fully saturated rings. The number of carbonyl (C=O) groups is 1. The molecule has 1 amide bonds. The third-order valence-corrected chi connectivity index (χ3v) is 6.79. The molecule has 3 aromatic rings. The molecule has 0 spiro atoms. The van der Waals surface area contributed by atoms with Crippen molar-refractivity contribution < 1.29 is 4.79 Å². The summed E-state index contributed by atoms with van der Waals surface area (Å²) in [6, 6.07) is 5.47. The van der Waals surface area contributed by atoms with Gasteiger partial charge in [0.25, 0.3) is 0 Å². The van der Waals surface area contributed by atoms with Gasteiger partial charge >= 0.3 is 0 Å². The molecule has 1 N–H and O–H groups in total. The average molecular weight is 421 g/mol. The Morgan fingerprint density at radius 1 is 1.33 bits per heavy atom. The average Bonchev–Trinajstić information content (AvgIpc) is 3.19. The first kappa shape index (κ1) is 19.9. The molecule has 0 unspecified atom stereocenters. The highest BCUT2D eigenvalue weighted by molar-refractivity contribution is 7.99. The molecular weight excluding hydrogens is 400 g/mol. The lowest BCUT2D eigenvalue weighted by atomic mass is 10.1. The molecule has 5 nitrogen and oxygen atoms in total. The van der Waals surface area contributed by atoms with Crippen molar-refractivity contribution in [3.63, 3.8) is 0 Å². The summed E-state index contributed by atoms with van der Waals surface area (Å²) >= 11 is 9.20. The van der Waals surface area contributed by atoms with Gasteiger partial charge in [-0.2, -0.15) is 0 Å². The molecule has 0 aliphatic carbocycles. The summed E-state index contributed by atoms with van der Waals surface area (Å²) < 4.78 is 1.95. The van der Waals surface area contributed by atoms with Crippen LogP contribution >= 0.6 is 34.7 Å². The maximum atomic E-state index is 12.3. The number of anilines is 1. The fourth-order valence-electron chi connectivity index (χ4n) is 2.84. The van der Waals surface area contributed by atoms with Crippen molar-refractivity contribution >= 4 is 46.3 Å². The van der Waals surface area contributed by atoms with Crippen molar-refractivity contribution in [1.29, 1.82) is 0 Å². The van der Waals surface area contributed by atoms with E-state index in [0.29, 0.717) is 10.2 Å². The minimum atomic E-state index is -0.101. The van der Waals surface area contributed by atoms with Gasteiger partial charge in [-0.05, 0) is 43.5 Å². The van der Waals surface area contributed by atoms with Crippen LogP contribution in [0.3, 0.4) is 0 Å². The monoisotopic (exact) mass is 420 g/mol. The van der Waals surface area contributed by atoms with Gasteiger partial charge in [-0.1, -0.05) is 36.4 Å². The number of nitrogens with zero attached hydrogens (tertiary/aromatic N) is 3. The summed E-state index contributed by atoms with van der Waals surface area (Å²) in [5.74, 6) is 0.988. The number of thiophene rings is 1. The van der Waals surface area contributed by atoms with E-state index in [-0.39, 0.29) is 11.7 Å². The second kappa shape index (κ2) is 8.46. The predicted octanol–water partition coefficient (Wildman–Crippen LogP) is 5.11. The van der Waals surface area contributed by atoms with Gasteiger partial charge in [-0.15, -0.1) is 21.5 Å². The fraction of sp³-hybridized carbons (Fsp3) is 0.316. The van der Waals surface area contributed by atoms with E-state index in [1.807, 2.05) is 30.7 Å². The van der Waals surface area contributed by atoms with Crippen molar-refractivity contribution in [2.75, 3.05) is 11.1 Å². The van der Waals surface area contributed by atoms with Crippen molar-refractivity contribution in [2.24, 2.45) is 7.05 Å². The van der Waals surface area contributed by atoms with Crippen LogP contribution in [-0.4, -0.2) is 26.4 Å². The Kier molecular flexibility index (Phi) is 6.24. The maximum Gasteiger partial charge on any atom is 0.234 e. The van der Waals surface area contributed by atoms with Gasteiger partial charge in [0.15, 0.2) is 11.0 Å². The largest absolute Gasteiger partial charge is 0.325 e. The molecule has 8 heteroatoms. The maximum absolute atomic E-state index is 12.3. The summed E-state index contributed by atoms with van der Waals surface area (Å²) in [5, 5.41) is 15.0. The van der Waals surface area contributed by atoms with E-state index in [0.717, 1.165) is 29.1 Å². The Bertz CT molecular complexity index is 980. The lowest BCUT2D eigenvalue weighted by Crippen LogP contribution is -2.15. The summed E-state index contributed by atoms with van der Waals surface area (Å²) in [4.78, 5) is 13.6. The number of carbonyl (C=O) groups excluding carboxylic acids is 1. The van der Waals surface area contributed by atoms with Crippen molar-refractivity contribution in [3.8, 4) is 11.4 Å². The highest BCUT2D eigenvalue weighted by Gasteiger charge is 2.17. The van der Waals surface area contributed by atoms with Crippen LogP contribution in [0.15, 0.2) is 28.7 Å². The third kappa shape index (κ3) is 4.20. The highest BCUT2D eigenvalue weighted by atomic mass is 35.5. The summed E-state index contributed by atoms with van der Waals surface area (Å²) in [7, 11) is 1.93. The number of amides is 1. The van der Waals surface area contributed by atoms with Crippen molar-refractivity contribution in [2.45, 2.75) is 32.3 Å². The quantitative estimate of drug-likeness (QED) is 0.563. The Morgan fingerprint density at radius 3 is 2.85 bits per heavy atom. The second-order valence-corrected chi connectivity index (χ2v) is 8.59. The first-order valence-electron chi connectivity index (χ1n) is 8.56. The molecule has 0 saturated carbocycles. The molecule has 0 bridgehead atoms. The van der Waals surface area contributed by atoms with E-state index in [1.54, 1.807) is 17.4 Å². The van der Waals surface area contributed by atoms with Gasteiger partial charge in [0.2, 0.25) is 5.91 Å². The third-order valence-electron chi connectivity index (χ3n) is 4.41. The molecule has 0 atom stereocenters. The zero-order valence-electron chi connectivity index (χ0n) is 15.7. The van der Waals surface area contributed by atoms with Gasteiger partial charge in [-0.25, -0.2) is 0 Å². The Labute approximate surface area is 172 Å². The predicted molar refractivity (Wildman–Crippen MR) is 114 cm³/mol. The summed E-state index contributed by atoms with van der Waals surface area (Å²) in [5.41, 5.74) is 4.02. The molecule has 3 rings (SSSR count). The topological polar surface area (TPSA) is 59.8 Å². The van der Waals surface area contributed by atoms with Crippen LogP contribution in [0.25, 0.3) is 11.4 Å². The number of nitrogens with one attached hydrogen (secondary N) is 1. The van der Waals surface area contributed by atoms with Gasteiger partial charge in [-0.3, -0.25) is 4.79 Å². The van der Waals surface area contributed by atoms with E-state index < -0.39 is 0 Å². The Morgan fingerprint density at radius 2 is 2.11 bits per heavy atom. The Balaban J connectivity index is 1.69. The lowest BCUT2D eigenvalue weighted by Gasteiger charge is -2.09. The van der Waals surface area contributed by atoms with Crippen LogP contribution in [0.5, 0.6) is 0 Å². The molecule has 0 aliphatic rings. The molecule has 2 heterocycles. The number of aryl methyl sites for hydroxylation is 1. The second-order valence-electron chi connectivity index (χ2n) is 6.15. The molecule has 0 saturated heterocycles. The van der Waals surface area contributed by atoms with Crippen LogP contribution in [0.1, 0.15) is 22.9 Å². The van der Waals surface area contributed by atoms with E-state index in [4.69, 9.17) is 11.6 Å². The van der Waals surface area contributed by atoms with Crippen LogP contribution in [0.2, 0.25) is 5.02 Å². The standard InChI is InChI=1S/C19H21ClN4OS2/c1-5-13-12(3)26-9-14(13)18-22-23-19(24(18)4)27-10-17(25)21-16-8-6-7-15(20)11(16)2/h6-9H,5,10H2,1-4H3,(H,21,25). The smallest absolute Gasteiger partial charge is 0.234 e. The SMILES string of the molecule is CCc1c(-c2nnc(SCC(=O)Nc3cccc(Cl)c3C)n2C)csc1C. The van der Waals surface area contributed by atoms with Gasteiger partial charge in [0.05, 0.1) is 5.75 Å². The Hall–Kier alpha value is -1.83.